The number of methoxy groups -OCH3 is 2. The van der Waals surface area contributed by atoms with Crippen molar-refractivity contribution in [2.24, 2.45) is 0 Å². The third-order valence-electron chi connectivity index (χ3n) is 3.35. The van der Waals surface area contributed by atoms with Crippen LogP contribution in [0.5, 0.6) is 11.5 Å². The summed E-state index contributed by atoms with van der Waals surface area (Å²) in [5.74, 6) is 0.872. The second-order valence-corrected chi connectivity index (χ2v) is 4.55. The Morgan fingerprint density at radius 2 is 1.77 bits per heavy atom. The first-order valence-corrected chi connectivity index (χ1v) is 6.50. The van der Waals surface area contributed by atoms with Crippen LogP contribution in [0.4, 0.5) is 5.69 Å². The average molecular weight is 299 g/mol. The number of hydrogen-bond donors (Lipinski definition) is 1. The molecule has 0 unspecified atom stereocenters. The molecule has 3 rings (SSSR count). The van der Waals surface area contributed by atoms with E-state index in [1.807, 2.05) is 24.3 Å². The Bertz CT molecular complexity index is 824. The van der Waals surface area contributed by atoms with Gasteiger partial charge in [-0.25, -0.2) is 4.98 Å². The van der Waals surface area contributed by atoms with Crippen molar-refractivity contribution in [2.75, 3.05) is 14.2 Å². The van der Waals surface area contributed by atoms with Crippen molar-refractivity contribution in [3.63, 3.8) is 0 Å². The predicted octanol–water partition coefficient (Wildman–Crippen LogP) is 3.16. The molecule has 0 fully saturated rings. The fraction of sp³-hybridized carbons (Fsp3) is 0.133. The third-order valence-corrected chi connectivity index (χ3v) is 3.35. The highest BCUT2D eigenvalue weighted by Gasteiger charge is 2.28. The fourth-order valence-electron chi connectivity index (χ4n) is 2.37. The molecule has 112 valence electrons. The van der Waals surface area contributed by atoms with Gasteiger partial charge in [0.15, 0.2) is 5.75 Å². The number of nitro groups is 1. The first-order chi connectivity index (χ1) is 10.7. The first-order valence-electron chi connectivity index (χ1n) is 6.50. The summed E-state index contributed by atoms with van der Waals surface area (Å²) < 4.78 is 10.4. The van der Waals surface area contributed by atoms with Gasteiger partial charge in [-0.05, 0) is 24.3 Å². The molecule has 0 saturated carbocycles. The molecule has 3 aromatic rings. The Morgan fingerprint density at radius 1 is 1.09 bits per heavy atom. The lowest BCUT2D eigenvalue weighted by Gasteiger charge is -2.09. The summed E-state index contributed by atoms with van der Waals surface area (Å²) in [6, 6.07) is 10.5. The number of rotatable bonds is 4. The van der Waals surface area contributed by atoms with Gasteiger partial charge in [-0.1, -0.05) is 12.1 Å². The van der Waals surface area contributed by atoms with Gasteiger partial charge >= 0.3 is 5.69 Å². The van der Waals surface area contributed by atoms with Crippen LogP contribution in [0.25, 0.3) is 22.4 Å². The van der Waals surface area contributed by atoms with E-state index >= 15 is 0 Å². The lowest BCUT2D eigenvalue weighted by Crippen LogP contribution is -2.00. The average Bonchev–Trinajstić information content (AvgIpc) is 2.96. The molecule has 0 spiro atoms. The Morgan fingerprint density at radius 3 is 2.41 bits per heavy atom. The molecular formula is C15H13N3O4. The van der Waals surface area contributed by atoms with Crippen molar-refractivity contribution >= 4 is 16.7 Å². The monoisotopic (exact) mass is 299 g/mol. The minimum Gasteiger partial charge on any atom is -0.496 e. The lowest BCUT2D eigenvalue weighted by atomic mass is 10.1. The normalized spacial score (nSPS) is 10.6. The predicted molar refractivity (Wildman–Crippen MR) is 81.3 cm³/mol. The maximum Gasteiger partial charge on any atom is 0.325 e. The number of aromatic nitrogens is 2. The number of imidazole rings is 1. The van der Waals surface area contributed by atoms with Crippen LogP contribution >= 0.6 is 0 Å². The molecule has 0 aliphatic rings. The number of fused-ring (bicyclic) bond motifs is 1. The van der Waals surface area contributed by atoms with E-state index in [1.165, 1.54) is 20.3 Å². The van der Waals surface area contributed by atoms with Crippen LogP contribution in [0.3, 0.4) is 0 Å². The Hall–Kier alpha value is -3.09. The van der Waals surface area contributed by atoms with Gasteiger partial charge in [0.05, 0.1) is 30.2 Å². The summed E-state index contributed by atoms with van der Waals surface area (Å²) in [7, 11) is 2.84. The van der Waals surface area contributed by atoms with E-state index in [-0.39, 0.29) is 17.0 Å². The molecule has 0 saturated heterocycles. The maximum absolute atomic E-state index is 11.5. The summed E-state index contributed by atoms with van der Waals surface area (Å²) in [6.07, 6.45) is 0. The Labute approximate surface area is 125 Å². The maximum atomic E-state index is 11.5. The van der Waals surface area contributed by atoms with E-state index < -0.39 is 4.92 Å². The highest BCUT2D eigenvalue weighted by atomic mass is 16.6. The molecule has 2 aromatic carbocycles. The number of hydrogen-bond acceptors (Lipinski definition) is 5. The highest BCUT2D eigenvalue weighted by Crippen LogP contribution is 2.43. The van der Waals surface area contributed by atoms with E-state index in [1.54, 1.807) is 6.07 Å². The van der Waals surface area contributed by atoms with Gasteiger partial charge in [0, 0.05) is 0 Å². The highest BCUT2D eigenvalue weighted by molar-refractivity contribution is 5.85. The van der Waals surface area contributed by atoms with Crippen molar-refractivity contribution in [3.8, 4) is 22.9 Å². The zero-order valence-corrected chi connectivity index (χ0v) is 12.0. The molecule has 0 atom stereocenters. The summed E-state index contributed by atoms with van der Waals surface area (Å²) in [5.41, 5.74) is 1.59. The van der Waals surface area contributed by atoms with Gasteiger partial charge in [-0.3, -0.25) is 10.1 Å². The summed E-state index contributed by atoms with van der Waals surface area (Å²) in [6.45, 7) is 0. The Kier molecular flexibility index (Phi) is 3.38. The van der Waals surface area contributed by atoms with Gasteiger partial charge in [-0.15, -0.1) is 0 Å². The summed E-state index contributed by atoms with van der Waals surface area (Å²) in [4.78, 5) is 18.5. The van der Waals surface area contributed by atoms with Gasteiger partial charge in [-0.2, -0.15) is 0 Å². The molecule has 7 nitrogen and oxygen atoms in total. The van der Waals surface area contributed by atoms with Gasteiger partial charge in [0.25, 0.3) is 0 Å². The number of H-pyrrole nitrogens is 1. The molecule has 1 N–H and O–H groups in total. The zero-order chi connectivity index (χ0) is 15.7. The van der Waals surface area contributed by atoms with Gasteiger partial charge in [0.2, 0.25) is 0 Å². The largest absolute Gasteiger partial charge is 0.496 e. The van der Waals surface area contributed by atoms with Crippen LogP contribution in [0, 0.1) is 10.1 Å². The van der Waals surface area contributed by atoms with Gasteiger partial charge in [0.1, 0.15) is 17.1 Å². The molecule has 0 aliphatic carbocycles. The number of benzene rings is 2. The standard InChI is InChI=1S/C15H13N3O4/c1-21-11-7-8-12(22-2)14(18(19)20)13(11)15-16-9-5-3-4-6-10(9)17-15/h3-8H,1-2H3,(H,16,17). The van der Waals surface area contributed by atoms with Crippen LogP contribution in [0.1, 0.15) is 0 Å². The summed E-state index contributed by atoms with van der Waals surface area (Å²) in [5, 5.41) is 11.5. The van der Waals surface area contributed by atoms with Crippen molar-refractivity contribution < 1.29 is 14.4 Å². The molecule has 0 amide bonds. The molecular weight excluding hydrogens is 286 g/mol. The summed E-state index contributed by atoms with van der Waals surface area (Å²) >= 11 is 0. The van der Waals surface area contributed by atoms with Gasteiger partial charge < -0.3 is 14.5 Å². The lowest BCUT2D eigenvalue weighted by molar-refractivity contribution is -0.385. The second kappa shape index (κ2) is 5.36. The van der Waals surface area contributed by atoms with E-state index in [4.69, 9.17) is 9.47 Å². The smallest absolute Gasteiger partial charge is 0.325 e. The van der Waals surface area contributed by atoms with E-state index in [0.29, 0.717) is 11.6 Å². The molecule has 1 aromatic heterocycles. The number of aromatic amines is 1. The first kappa shape index (κ1) is 13.9. The quantitative estimate of drug-likeness (QED) is 0.590. The van der Waals surface area contributed by atoms with Crippen molar-refractivity contribution in [1.29, 1.82) is 0 Å². The zero-order valence-electron chi connectivity index (χ0n) is 12.0. The molecule has 0 radical (unpaired) electrons. The van der Waals surface area contributed by atoms with Crippen LogP contribution < -0.4 is 9.47 Å². The van der Waals surface area contributed by atoms with E-state index in [0.717, 1.165) is 11.0 Å². The van der Waals surface area contributed by atoms with Crippen molar-refractivity contribution in [3.05, 3.63) is 46.5 Å². The Balaban J connectivity index is 2.34. The molecule has 0 bridgehead atoms. The van der Waals surface area contributed by atoms with E-state index in [9.17, 15) is 10.1 Å². The minimum absolute atomic E-state index is 0.154. The topological polar surface area (TPSA) is 90.3 Å². The van der Waals surface area contributed by atoms with Crippen molar-refractivity contribution in [1.82, 2.24) is 9.97 Å². The SMILES string of the molecule is COc1ccc(OC)c([N+](=O)[O-])c1-c1nc2ccccc2[nH]1. The second-order valence-electron chi connectivity index (χ2n) is 4.55. The number of para-hydroxylation sites is 2. The minimum atomic E-state index is -0.496. The molecule has 0 aliphatic heterocycles. The fourth-order valence-corrected chi connectivity index (χ4v) is 2.37. The number of ether oxygens (including phenoxy) is 2. The third kappa shape index (κ3) is 2.12. The molecule has 1 heterocycles. The van der Waals surface area contributed by atoms with E-state index in [2.05, 4.69) is 9.97 Å². The molecule has 22 heavy (non-hydrogen) atoms. The van der Waals surface area contributed by atoms with Crippen LogP contribution in [0.15, 0.2) is 36.4 Å². The van der Waals surface area contributed by atoms with Crippen LogP contribution in [0.2, 0.25) is 0 Å². The van der Waals surface area contributed by atoms with Crippen molar-refractivity contribution in [2.45, 2.75) is 0 Å². The number of nitrogens with zero attached hydrogens (tertiary/aromatic N) is 2. The van der Waals surface area contributed by atoms with Crippen LogP contribution in [-0.2, 0) is 0 Å². The molecule has 7 heteroatoms. The number of nitrogens with one attached hydrogen (secondary N) is 1. The number of nitro benzene ring substituents is 1. The van der Waals surface area contributed by atoms with Crippen LogP contribution in [-0.4, -0.2) is 29.1 Å².